The summed E-state index contributed by atoms with van der Waals surface area (Å²) in [5, 5.41) is 12.2. The number of nitrogens with one attached hydrogen (secondary N) is 2. The Morgan fingerprint density at radius 2 is 2.08 bits per heavy atom. The van der Waals surface area contributed by atoms with E-state index in [4.69, 9.17) is 11.6 Å². The molecule has 0 unspecified atom stereocenters. The summed E-state index contributed by atoms with van der Waals surface area (Å²) >= 11 is 6.12. The Balaban J connectivity index is 1.22. The number of aromatic nitrogens is 8. The van der Waals surface area contributed by atoms with E-state index in [9.17, 15) is 4.79 Å². The zero-order valence-corrected chi connectivity index (χ0v) is 20.0. The van der Waals surface area contributed by atoms with E-state index < -0.39 is 5.82 Å². The maximum Gasteiger partial charge on any atom is 0.247 e. The van der Waals surface area contributed by atoms with Crippen LogP contribution in [0.3, 0.4) is 0 Å². The van der Waals surface area contributed by atoms with Crippen LogP contribution in [0.1, 0.15) is 36.7 Å². The van der Waals surface area contributed by atoms with Crippen molar-refractivity contribution in [3.05, 3.63) is 77.6 Å². The fraction of sp³-hybridized carbons (Fsp3) is 0.200. The van der Waals surface area contributed by atoms with Crippen LogP contribution in [0.4, 0.5) is 4.39 Å². The molecule has 0 saturated carbocycles. The number of nitrogens with zero attached hydrogens (tertiary/aromatic N) is 7. The molecule has 0 aliphatic carbocycles. The molecule has 2 atom stereocenters. The van der Waals surface area contributed by atoms with Crippen molar-refractivity contribution in [3.63, 3.8) is 0 Å². The van der Waals surface area contributed by atoms with E-state index in [1.807, 2.05) is 23.4 Å². The first-order chi connectivity index (χ1) is 18.1. The Hall–Kier alpha value is -4.38. The zero-order valence-electron chi connectivity index (χ0n) is 19.3. The molecular weight excluding hydrogens is 497 g/mol. The van der Waals surface area contributed by atoms with Crippen molar-refractivity contribution >= 4 is 34.0 Å². The van der Waals surface area contributed by atoms with Gasteiger partial charge in [0.25, 0.3) is 0 Å². The third-order valence-corrected chi connectivity index (χ3v) is 7.48. The Morgan fingerprint density at radius 1 is 1.16 bits per heavy atom. The predicted octanol–water partition coefficient (Wildman–Crippen LogP) is 4.24. The van der Waals surface area contributed by atoms with Gasteiger partial charge in [0.05, 0.1) is 28.6 Å². The van der Waals surface area contributed by atoms with E-state index in [2.05, 4.69) is 35.5 Å². The number of H-pyrrole nitrogens is 2. The van der Waals surface area contributed by atoms with Gasteiger partial charge in [-0.1, -0.05) is 11.6 Å². The summed E-state index contributed by atoms with van der Waals surface area (Å²) in [5.41, 5.74) is 4.05. The zero-order chi connectivity index (χ0) is 25.1. The number of carbonyl (C=O) groups is 1. The van der Waals surface area contributed by atoms with Gasteiger partial charge in [-0.15, -0.1) is 5.10 Å². The molecule has 2 N–H and O–H groups in total. The largest absolute Gasteiger partial charge is 0.360 e. The molecule has 0 bridgehead atoms. The number of carbonyl (C=O) groups excluding carboxylic acids is 1. The highest BCUT2D eigenvalue weighted by Gasteiger charge is 2.42. The van der Waals surface area contributed by atoms with Crippen molar-refractivity contribution in [2.24, 2.45) is 0 Å². The van der Waals surface area contributed by atoms with Gasteiger partial charge in [-0.25, -0.2) is 9.37 Å². The summed E-state index contributed by atoms with van der Waals surface area (Å²) in [5.74, 6) is -0.0603. The third-order valence-electron chi connectivity index (χ3n) is 7.18. The molecule has 1 aromatic carbocycles. The minimum Gasteiger partial charge on any atom is -0.360 e. The molecule has 4 aromatic heterocycles. The summed E-state index contributed by atoms with van der Waals surface area (Å²) < 4.78 is 16.7. The Kier molecular flexibility index (Phi) is 4.93. The standard InChI is InChI=1S/C25H19ClFN9O/c26-17-2-4-20(35-12-31-33-34-35)23(24(17)27)13-7-14-1-3-21(36(14)22(37)8-13)25-30-11-19(32-25)16-10-29-18-5-6-28-9-15(16)18/h2,4-6,8-12,14,21,29H,1,3,7H2,(H,30,32)/t14-,21+/m1/s1. The van der Waals surface area contributed by atoms with Crippen LogP contribution in [0.15, 0.2) is 55.4 Å². The van der Waals surface area contributed by atoms with Crippen LogP contribution < -0.4 is 0 Å². The molecule has 184 valence electrons. The molecular formula is C25H19ClFN9O. The highest BCUT2D eigenvalue weighted by molar-refractivity contribution is 6.31. The molecule has 10 nitrogen and oxygen atoms in total. The molecule has 7 rings (SSSR count). The summed E-state index contributed by atoms with van der Waals surface area (Å²) in [4.78, 5) is 30.8. The van der Waals surface area contributed by atoms with E-state index in [1.165, 1.54) is 23.2 Å². The number of fused-ring (bicyclic) bond motifs is 2. The lowest BCUT2D eigenvalue weighted by Crippen LogP contribution is -2.39. The van der Waals surface area contributed by atoms with Crippen molar-refractivity contribution in [1.29, 1.82) is 0 Å². The molecule has 1 amide bonds. The summed E-state index contributed by atoms with van der Waals surface area (Å²) in [7, 11) is 0. The number of hydrogen-bond donors (Lipinski definition) is 2. The number of amides is 1. The number of aromatic amines is 2. The van der Waals surface area contributed by atoms with Crippen molar-refractivity contribution in [3.8, 4) is 16.9 Å². The molecule has 5 aromatic rings. The number of imidazole rings is 1. The van der Waals surface area contributed by atoms with Gasteiger partial charge in [0.1, 0.15) is 12.2 Å². The van der Waals surface area contributed by atoms with Crippen LogP contribution in [0, 0.1) is 5.82 Å². The first-order valence-corrected chi connectivity index (χ1v) is 12.2. The van der Waals surface area contributed by atoms with Crippen LogP contribution in [-0.4, -0.2) is 57.0 Å². The van der Waals surface area contributed by atoms with E-state index in [0.717, 1.165) is 40.8 Å². The van der Waals surface area contributed by atoms with Crippen LogP contribution in [0.2, 0.25) is 5.02 Å². The van der Waals surface area contributed by atoms with Gasteiger partial charge in [0, 0.05) is 52.7 Å². The number of halogens is 2. The topological polar surface area (TPSA) is 121 Å². The van der Waals surface area contributed by atoms with Gasteiger partial charge in [-0.05, 0) is 53.5 Å². The van der Waals surface area contributed by atoms with Gasteiger partial charge in [0.2, 0.25) is 5.91 Å². The van der Waals surface area contributed by atoms with Crippen molar-refractivity contribution < 1.29 is 9.18 Å². The second-order valence-electron chi connectivity index (χ2n) is 9.18. The highest BCUT2D eigenvalue weighted by Crippen LogP contribution is 2.44. The minimum absolute atomic E-state index is 0.0255. The minimum atomic E-state index is -0.597. The molecule has 2 aliphatic rings. The molecule has 2 aliphatic heterocycles. The number of benzene rings is 1. The van der Waals surface area contributed by atoms with Gasteiger partial charge >= 0.3 is 0 Å². The van der Waals surface area contributed by atoms with E-state index >= 15 is 4.39 Å². The van der Waals surface area contributed by atoms with E-state index in [0.29, 0.717) is 17.7 Å². The maximum absolute atomic E-state index is 15.3. The van der Waals surface area contributed by atoms with E-state index in [1.54, 1.807) is 18.5 Å². The van der Waals surface area contributed by atoms with E-state index in [-0.39, 0.29) is 28.6 Å². The normalized spacial score (nSPS) is 19.5. The van der Waals surface area contributed by atoms with Gasteiger partial charge in [-0.3, -0.25) is 9.78 Å². The second-order valence-corrected chi connectivity index (χ2v) is 9.59. The third kappa shape index (κ3) is 3.45. The van der Waals surface area contributed by atoms with Crippen LogP contribution in [0.5, 0.6) is 0 Å². The molecule has 0 radical (unpaired) electrons. The first kappa shape index (κ1) is 21.9. The van der Waals surface area contributed by atoms with Crippen LogP contribution >= 0.6 is 11.6 Å². The molecule has 37 heavy (non-hydrogen) atoms. The molecule has 0 spiro atoms. The Labute approximate surface area is 214 Å². The van der Waals surface area contributed by atoms with Crippen LogP contribution in [-0.2, 0) is 4.79 Å². The molecule has 6 heterocycles. The average molecular weight is 516 g/mol. The van der Waals surface area contributed by atoms with Crippen LogP contribution in [0.25, 0.3) is 33.4 Å². The molecule has 1 saturated heterocycles. The maximum atomic E-state index is 15.3. The predicted molar refractivity (Wildman–Crippen MR) is 133 cm³/mol. The summed E-state index contributed by atoms with van der Waals surface area (Å²) in [6, 6.07) is 4.73. The quantitative estimate of drug-likeness (QED) is 0.369. The lowest BCUT2D eigenvalue weighted by molar-refractivity contribution is -0.129. The van der Waals surface area contributed by atoms with Crippen molar-refractivity contribution in [2.45, 2.75) is 31.3 Å². The second kappa shape index (κ2) is 8.34. The molecule has 12 heteroatoms. The van der Waals surface area contributed by atoms with Crippen molar-refractivity contribution in [1.82, 2.24) is 45.0 Å². The van der Waals surface area contributed by atoms with Gasteiger partial charge in [0.15, 0.2) is 5.82 Å². The van der Waals surface area contributed by atoms with Gasteiger partial charge in [-0.2, -0.15) is 4.68 Å². The summed E-state index contributed by atoms with van der Waals surface area (Å²) in [6.45, 7) is 0. The van der Waals surface area contributed by atoms with Gasteiger partial charge < -0.3 is 14.9 Å². The monoisotopic (exact) mass is 515 g/mol. The SMILES string of the molecule is O=C1C=C(c2c(-n3cnnn3)ccc(Cl)c2F)C[C@H]2CC[C@@H](c3ncc(-c4c[nH]c5ccncc45)[nH]3)N12. The summed E-state index contributed by atoms with van der Waals surface area (Å²) in [6.07, 6.45) is 12.1. The first-order valence-electron chi connectivity index (χ1n) is 11.8. The number of pyridine rings is 1. The number of rotatable bonds is 4. The Morgan fingerprint density at radius 3 is 2.95 bits per heavy atom. The molecule has 1 fully saturated rings. The lowest BCUT2D eigenvalue weighted by atomic mass is 9.92. The number of hydrogen-bond acceptors (Lipinski definition) is 6. The number of tetrazole rings is 1. The Bertz CT molecular complexity index is 1690. The highest BCUT2D eigenvalue weighted by atomic mass is 35.5. The smallest absolute Gasteiger partial charge is 0.247 e. The fourth-order valence-electron chi connectivity index (χ4n) is 5.53. The lowest BCUT2D eigenvalue weighted by Gasteiger charge is -2.33. The van der Waals surface area contributed by atoms with Crippen molar-refractivity contribution in [2.75, 3.05) is 0 Å². The average Bonchev–Trinajstić information content (AvgIpc) is 3.71. The fourth-order valence-corrected chi connectivity index (χ4v) is 5.69.